The van der Waals surface area contributed by atoms with Crippen LogP contribution in [0.3, 0.4) is 0 Å². The van der Waals surface area contributed by atoms with Crippen LogP contribution in [0.1, 0.15) is 43.2 Å². The third-order valence-corrected chi connectivity index (χ3v) is 5.87. The molecular formula is C20H26F2N6O2. The Balaban J connectivity index is 1.57. The lowest BCUT2D eigenvalue weighted by Gasteiger charge is -2.44. The molecule has 3 amide bonds. The molecule has 3 N–H and O–H groups in total. The summed E-state index contributed by atoms with van der Waals surface area (Å²) in [5.74, 6) is -0.0283. The molecule has 4 heterocycles. The van der Waals surface area contributed by atoms with Crippen LogP contribution in [0.5, 0.6) is 0 Å². The molecule has 10 heteroatoms. The Kier molecular flexibility index (Phi) is 5.85. The highest BCUT2D eigenvalue weighted by Crippen LogP contribution is 2.29. The molecule has 0 saturated carbocycles. The van der Waals surface area contributed by atoms with Crippen molar-refractivity contribution in [2.24, 2.45) is 5.92 Å². The van der Waals surface area contributed by atoms with E-state index in [4.69, 9.17) is 0 Å². The predicted octanol–water partition coefficient (Wildman–Crippen LogP) is 2.79. The largest absolute Gasteiger partial charge is 0.346 e. The van der Waals surface area contributed by atoms with E-state index in [0.29, 0.717) is 28.2 Å². The van der Waals surface area contributed by atoms with E-state index in [-0.39, 0.29) is 17.3 Å². The second-order valence-corrected chi connectivity index (χ2v) is 7.90. The quantitative estimate of drug-likeness (QED) is 0.670. The van der Waals surface area contributed by atoms with Gasteiger partial charge in [0.25, 0.3) is 5.91 Å². The number of aromatic nitrogens is 2. The van der Waals surface area contributed by atoms with Gasteiger partial charge in [0.05, 0.1) is 5.52 Å². The van der Waals surface area contributed by atoms with Gasteiger partial charge in [-0.15, -0.1) is 0 Å². The van der Waals surface area contributed by atoms with Crippen molar-refractivity contribution in [3.05, 3.63) is 23.9 Å². The fourth-order valence-electron chi connectivity index (χ4n) is 4.31. The highest BCUT2D eigenvalue weighted by Gasteiger charge is 2.35. The van der Waals surface area contributed by atoms with Crippen molar-refractivity contribution in [2.45, 2.75) is 38.8 Å². The van der Waals surface area contributed by atoms with Crippen LogP contribution in [-0.2, 0) is 0 Å². The number of nitrogens with zero attached hydrogens (tertiary/aromatic N) is 3. The summed E-state index contributed by atoms with van der Waals surface area (Å²) in [5, 5.41) is 12.5. The third-order valence-electron chi connectivity index (χ3n) is 5.87. The van der Waals surface area contributed by atoms with Crippen LogP contribution >= 0.6 is 0 Å². The second kappa shape index (κ2) is 8.55. The van der Waals surface area contributed by atoms with Gasteiger partial charge in [-0.05, 0) is 56.5 Å². The van der Waals surface area contributed by atoms with Crippen LogP contribution in [0, 0.1) is 5.92 Å². The van der Waals surface area contributed by atoms with Crippen molar-refractivity contribution in [3.8, 4) is 0 Å². The van der Waals surface area contributed by atoms with Crippen LogP contribution in [-0.4, -0.2) is 58.8 Å². The van der Waals surface area contributed by atoms with Crippen molar-refractivity contribution in [1.82, 2.24) is 25.3 Å². The highest BCUT2D eigenvalue weighted by atomic mass is 19.3. The topological polar surface area (TPSA) is 91.3 Å². The minimum absolute atomic E-state index is 0.00921. The summed E-state index contributed by atoms with van der Waals surface area (Å²) in [5.41, 5.74) is 0.420. The molecule has 3 aliphatic heterocycles. The van der Waals surface area contributed by atoms with E-state index >= 15 is 0 Å². The molecule has 0 spiro atoms. The molecule has 0 aliphatic carbocycles. The molecule has 8 nitrogen and oxygen atoms in total. The Morgan fingerprint density at radius 3 is 2.67 bits per heavy atom. The summed E-state index contributed by atoms with van der Waals surface area (Å²) in [4.78, 5) is 27.1. The molecule has 2 bridgehead atoms. The van der Waals surface area contributed by atoms with Gasteiger partial charge >= 0.3 is 12.6 Å². The lowest BCUT2D eigenvalue weighted by molar-refractivity contribution is 0.0578. The van der Waals surface area contributed by atoms with Crippen LogP contribution < -0.4 is 16.0 Å². The van der Waals surface area contributed by atoms with Crippen LogP contribution in [0.4, 0.5) is 19.3 Å². The van der Waals surface area contributed by atoms with Gasteiger partial charge in [-0.2, -0.15) is 13.9 Å². The minimum atomic E-state index is -2.91. The van der Waals surface area contributed by atoms with E-state index in [2.05, 4.69) is 25.9 Å². The first kappa shape index (κ1) is 20.5. The number of amides is 3. The zero-order chi connectivity index (χ0) is 21.3. The predicted molar refractivity (Wildman–Crippen MR) is 109 cm³/mol. The maximum Gasteiger partial charge on any atom is 0.333 e. The molecule has 0 radical (unpaired) electrons. The summed E-state index contributed by atoms with van der Waals surface area (Å²) < 4.78 is 27.7. The van der Waals surface area contributed by atoms with Gasteiger partial charge in [0.2, 0.25) is 0 Å². The molecule has 1 atom stereocenters. The fourth-order valence-corrected chi connectivity index (χ4v) is 4.31. The number of carbonyl (C=O) groups is 2. The summed E-state index contributed by atoms with van der Waals surface area (Å²) in [6, 6.07) is 4.12. The van der Waals surface area contributed by atoms with Crippen molar-refractivity contribution in [1.29, 1.82) is 0 Å². The third kappa shape index (κ3) is 4.09. The smallest absolute Gasteiger partial charge is 0.333 e. The number of nitrogens with one attached hydrogen (secondary N) is 3. The first-order valence-corrected chi connectivity index (χ1v) is 10.3. The molecule has 3 fully saturated rings. The summed E-state index contributed by atoms with van der Waals surface area (Å²) in [6.45, 7) is 2.40. The maximum atomic E-state index is 13.6. The number of carbonyl (C=O) groups excluding carboxylic acids is 2. The maximum absolute atomic E-state index is 13.6. The van der Waals surface area contributed by atoms with Gasteiger partial charge in [0.1, 0.15) is 0 Å². The van der Waals surface area contributed by atoms with E-state index in [1.54, 1.807) is 12.1 Å². The molecule has 3 aliphatic rings. The van der Waals surface area contributed by atoms with Gasteiger partial charge in [-0.1, -0.05) is 6.92 Å². The monoisotopic (exact) mass is 420 g/mol. The molecule has 1 aromatic heterocycles. The molecule has 30 heavy (non-hydrogen) atoms. The molecule has 1 aromatic carbocycles. The SMILES string of the molecule is CCCNC(=O)Nc1ccc2c(C(=O)NC3CN4CCC3CC4)nn(C(F)F)c2c1. The average molecular weight is 420 g/mol. The second-order valence-electron chi connectivity index (χ2n) is 7.90. The molecule has 5 rings (SSSR count). The van der Waals surface area contributed by atoms with Crippen molar-refractivity contribution < 1.29 is 18.4 Å². The molecule has 3 saturated heterocycles. The number of benzene rings is 1. The zero-order valence-corrected chi connectivity index (χ0v) is 16.8. The lowest BCUT2D eigenvalue weighted by atomic mass is 9.84. The van der Waals surface area contributed by atoms with E-state index in [0.717, 1.165) is 38.9 Å². The number of fused-ring (bicyclic) bond motifs is 4. The highest BCUT2D eigenvalue weighted by molar-refractivity contribution is 6.06. The first-order chi connectivity index (χ1) is 14.5. The number of anilines is 1. The van der Waals surface area contributed by atoms with Gasteiger partial charge in [0.15, 0.2) is 5.69 Å². The summed E-state index contributed by atoms with van der Waals surface area (Å²) in [7, 11) is 0. The normalized spacial score (nSPS) is 23.0. The van der Waals surface area contributed by atoms with Gasteiger partial charge in [0, 0.05) is 30.2 Å². The van der Waals surface area contributed by atoms with Crippen LogP contribution in [0.15, 0.2) is 18.2 Å². The zero-order valence-electron chi connectivity index (χ0n) is 16.8. The number of hydrogen-bond donors (Lipinski definition) is 3. The molecule has 162 valence electrons. The molecule has 2 aromatic rings. The van der Waals surface area contributed by atoms with Crippen molar-refractivity contribution >= 4 is 28.5 Å². The van der Waals surface area contributed by atoms with E-state index in [1.165, 1.54) is 6.07 Å². The molecule has 1 unspecified atom stereocenters. The van der Waals surface area contributed by atoms with Crippen molar-refractivity contribution in [3.63, 3.8) is 0 Å². The summed E-state index contributed by atoms with van der Waals surface area (Å²) in [6.07, 6.45) is 2.85. The van der Waals surface area contributed by atoms with Crippen LogP contribution in [0.25, 0.3) is 10.9 Å². The standard InChI is InChI=1S/C20H26F2N6O2/c1-2-7-23-20(30)24-13-3-4-14-16(10-13)28(19(21)22)26-17(14)18(29)25-15-11-27-8-5-12(15)6-9-27/h3-4,10,12,15,19H,2,5-9,11H2,1H3,(H,25,29)(H2,23,24,30). The number of piperidine rings is 3. The number of hydrogen-bond acceptors (Lipinski definition) is 4. The van der Waals surface area contributed by atoms with Gasteiger partial charge in [-0.25, -0.2) is 9.48 Å². The number of alkyl halides is 2. The molecular weight excluding hydrogens is 394 g/mol. The van der Waals surface area contributed by atoms with E-state index < -0.39 is 18.5 Å². The first-order valence-electron chi connectivity index (χ1n) is 10.3. The number of halogens is 2. The van der Waals surface area contributed by atoms with Gasteiger partial charge < -0.3 is 20.9 Å². The Morgan fingerprint density at radius 1 is 1.27 bits per heavy atom. The summed E-state index contributed by atoms with van der Waals surface area (Å²) >= 11 is 0. The van der Waals surface area contributed by atoms with E-state index in [9.17, 15) is 18.4 Å². The number of rotatable bonds is 6. The number of urea groups is 1. The lowest BCUT2D eigenvalue weighted by Crippen LogP contribution is -2.57. The fraction of sp³-hybridized carbons (Fsp3) is 0.550. The average Bonchev–Trinajstić information content (AvgIpc) is 3.12. The Hall–Kier alpha value is -2.75. The van der Waals surface area contributed by atoms with Crippen LogP contribution in [0.2, 0.25) is 0 Å². The minimum Gasteiger partial charge on any atom is -0.346 e. The Bertz CT molecular complexity index is 939. The van der Waals surface area contributed by atoms with Gasteiger partial charge in [-0.3, -0.25) is 4.79 Å². The van der Waals surface area contributed by atoms with E-state index in [1.807, 2.05) is 6.92 Å². The Morgan fingerprint density at radius 2 is 2.03 bits per heavy atom. The van der Waals surface area contributed by atoms with Crippen molar-refractivity contribution in [2.75, 3.05) is 31.5 Å². The Labute approximate surface area is 173 Å².